The number of esters is 5. The lowest BCUT2D eigenvalue weighted by Gasteiger charge is -2.24. The molecule has 0 bridgehead atoms. The number of hydrogen-bond donors (Lipinski definition) is 0. The summed E-state index contributed by atoms with van der Waals surface area (Å²) in [5, 5.41) is 13.6. The zero-order valence-corrected chi connectivity index (χ0v) is 80.1. The van der Waals surface area contributed by atoms with Crippen molar-refractivity contribution >= 4 is 165 Å². The van der Waals surface area contributed by atoms with Crippen molar-refractivity contribution in [3.05, 3.63) is 424 Å². The molecule has 0 aliphatic carbocycles. The van der Waals surface area contributed by atoms with Crippen LogP contribution in [0.3, 0.4) is 0 Å². The van der Waals surface area contributed by atoms with Crippen molar-refractivity contribution in [3.63, 3.8) is 0 Å². The van der Waals surface area contributed by atoms with Crippen LogP contribution >= 0.6 is 24.2 Å². The predicted molar refractivity (Wildman–Crippen MR) is 547 cm³/mol. The fourth-order valence-corrected chi connectivity index (χ4v) is 28.3. The average Bonchev–Trinajstić information content (AvgIpc) is 0.783. The first-order valence-corrected chi connectivity index (χ1v) is 53.6. The van der Waals surface area contributed by atoms with Crippen LogP contribution in [-0.2, 0) is 145 Å². The number of hydrogen-bond acceptors (Lipinski definition) is 19. The Morgan fingerprint density at radius 2 is 0.492 bits per heavy atom. The van der Waals surface area contributed by atoms with E-state index in [0.717, 1.165) is 65.5 Å². The van der Waals surface area contributed by atoms with Crippen molar-refractivity contribution in [1.29, 1.82) is 0 Å². The summed E-state index contributed by atoms with van der Waals surface area (Å²) in [6.45, 7) is 25.9. The molecule has 0 unspecified atom stereocenters. The van der Waals surface area contributed by atoms with E-state index >= 15 is 0 Å². The van der Waals surface area contributed by atoms with Crippen molar-refractivity contribution in [2.75, 3.05) is 66.1 Å². The molecule has 672 valence electrons. The summed E-state index contributed by atoms with van der Waals surface area (Å²) in [5.41, 5.74) is 4.67. The summed E-state index contributed by atoms with van der Waals surface area (Å²) >= 11 is 25.5. The summed E-state index contributed by atoms with van der Waals surface area (Å²) < 4.78 is 53.6. The highest BCUT2D eigenvalue weighted by molar-refractivity contribution is 8.27. The van der Waals surface area contributed by atoms with Gasteiger partial charge in [-0.25, -0.2) is 14.4 Å². The molecule has 0 aliphatic heterocycles. The topological polar surface area (TPSA) is 178 Å². The Kier molecular flexibility index (Phi) is 43.6. The molecule has 12 rings (SSSR count). The standard InChI is InChI=1S/C27H27O4PS.C27H29O4PS.C27H29O3PS.C26H25O4PS/c1-21(2)27(29)30-18-10-17-26(28)31-20-22-11-9-16-25(19-22)32(33,23-12-5-3-6-13-23)24-14-7-4-8-15-24;1-22(2)27(28)31-19-18-29-16-17-30-21-23-10-9-15-26(20-23)32(33,24-11-5-3-6-12-24)25-13-7-4-8-14-25;1-3-23(2)30-20-19-28-17-18-29-22-24-11-10-16-27(21-24)31(32,25-12-6-4-7-13-25)26-14-8-5-9-15-26;1-2-25(27)29-18-10-17-26(28)30-20-21-11-9-16-24(19-21)31(32,22-12-5-3-6-13-22)23-14-7-4-8-15-23/h3-9,11-16,19H,1,10,17-18,20H2,2H3;3-15,20H,1,16-19,21H2,2H3;3-16,21H,1-2,17-20,22H2;2-9,11-16,19H,1,10,17-18,20H2. The number of benzene rings is 12. The van der Waals surface area contributed by atoms with Crippen LogP contribution in [0.5, 0.6) is 0 Å². The Bertz CT molecular complexity index is 5680. The van der Waals surface area contributed by atoms with Gasteiger partial charge in [-0.1, -0.05) is 396 Å². The molecular formula is C107H110O15P4S4. The zero-order valence-electron chi connectivity index (χ0n) is 73.3. The van der Waals surface area contributed by atoms with E-state index in [0.29, 0.717) is 89.2 Å². The quantitative estimate of drug-likeness (QED) is 0.00669. The minimum atomic E-state index is -2.25. The minimum absolute atomic E-state index is 0.159. The average molecular weight is 1890 g/mol. The predicted octanol–water partition coefficient (Wildman–Crippen LogP) is 17.2. The largest absolute Gasteiger partial charge is 0.492 e. The van der Waals surface area contributed by atoms with Gasteiger partial charge in [-0.2, -0.15) is 0 Å². The van der Waals surface area contributed by atoms with Gasteiger partial charge in [-0.05, 0) is 143 Å². The van der Waals surface area contributed by atoms with Crippen molar-refractivity contribution < 1.29 is 71.3 Å². The van der Waals surface area contributed by atoms with Crippen LogP contribution in [-0.4, -0.2) is 95.9 Å². The lowest BCUT2D eigenvalue weighted by molar-refractivity contribution is -0.147. The van der Waals surface area contributed by atoms with E-state index in [1.165, 1.54) is 26.5 Å². The fourth-order valence-electron chi connectivity index (χ4n) is 13.1. The van der Waals surface area contributed by atoms with E-state index < -0.39 is 42.1 Å². The molecule has 0 aromatic heterocycles. The molecule has 0 atom stereocenters. The molecule has 0 spiro atoms. The molecule has 0 aliphatic rings. The van der Waals surface area contributed by atoms with Crippen LogP contribution in [0.1, 0.15) is 61.8 Å². The molecule has 12 aromatic rings. The second-order valence-electron chi connectivity index (χ2n) is 29.4. The highest BCUT2D eigenvalue weighted by Crippen LogP contribution is 2.46. The summed E-state index contributed by atoms with van der Waals surface area (Å²) in [6.07, 6.45) is 3.83. The molecule has 0 radical (unpaired) electrons. The first kappa shape index (κ1) is 103. The summed E-state index contributed by atoms with van der Waals surface area (Å²) in [6, 6.07) is 106. The van der Waals surface area contributed by atoms with Crippen LogP contribution in [0.4, 0.5) is 0 Å². The van der Waals surface area contributed by atoms with Gasteiger partial charge in [0.15, 0.2) is 0 Å². The van der Waals surface area contributed by atoms with Crippen LogP contribution in [0.25, 0.3) is 0 Å². The third kappa shape index (κ3) is 31.6. The minimum Gasteiger partial charge on any atom is -0.492 e. The van der Waals surface area contributed by atoms with Gasteiger partial charge < -0.3 is 47.4 Å². The molecule has 0 heterocycles. The lowest BCUT2D eigenvalue weighted by atomic mass is 10.2. The Labute approximate surface area is 786 Å². The fraction of sp³-hybridized carbons (Fsp3) is 0.187. The zero-order chi connectivity index (χ0) is 92.7. The third-order valence-corrected chi connectivity index (χ3v) is 39.5. The van der Waals surface area contributed by atoms with Crippen LogP contribution in [0, 0.1) is 0 Å². The molecular weight excluding hydrogens is 1780 g/mol. The van der Waals surface area contributed by atoms with Crippen molar-refractivity contribution in [2.45, 2.75) is 66.0 Å². The number of rotatable bonds is 45. The highest BCUT2D eigenvalue weighted by atomic mass is 32.5. The molecule has 0 N–H and O–H groups in total. The Morgan fingerprint density at radius 3 is 0.754 bits per heavy atom. The van der Waals surface area contributed by atoms with E-state index in [1.807, 2.05) is 164 Å². The van der Waals surface area contributed by atoms with Crippen LogP contribution in [0.15, 0.2) is 402 Å². The third-order valence-electron chi connectivity index (χ3n) is 19.7. The summed E-state index contributed by atoms with van der Waals surface area (Å²) in [5.74, 6) is -1.47. The molecule has 0 saturated heterocycles. The number of carbonyl (C=O) groups excluding carboxylic acids is 5. The molecule has 0 amide bonds. The first-order valence-electron chi connectivity index (χ1n) is 42.3. The van der Waals surface area contributed by atoms with Gasteiger partial charge in [0.25, 0.3) is 0 Å². The SMILES string of the molecule is C=C(C)C(=O)OCCCC(=O)OCc1cccc(P(=S)(c2ccccc2)c2ccccc2)c1.C=C(C)C(=O)OCCOCCOCc1cccc(P(=S)(c2ccccc2)c2ccccc2)c1.C=CC(=C)OCCOCCOCc1cccc(P(=S)(c2ccccc2)c2ccccc2)c1.C=CC(=O)OCCCC(=O)OCc1cccc(P(=S)(c2ccccc2)c2ccccc2)c1. The van der Waals surface area contributed by atoms with E-state index in [9.17, 15) is 24.0 Å². The molecule has 15 nitrogen and oxygen atoms in total. The molecule has 0 saturated carbocycles. The van der Waals surface area contributed by atoms with E-state index in [-0.39, 0.29) is 57.8 Å². The Balaban J connectivity index is 0.000000195. The van der Waals surface area contributed by atoms with E-state index in [4.69, 9.17) is 94.6 Å². The molecule has 12 aromatic carbocycles. The molecule has 23 heteroatoms. The summed E-state index contributed by atoms with van der Waals surface area (Å²) in [7, 11) is 0. The smallest absolute Gasteiger partial charge is 0.333 e. The van der Waals surface area contributed by atoms with Gasteiger partial charge in [0.2, 0.25) is 0 Å². The maximum Gasteiger partial charge on any atom is 0.333 e. The maximum atomic E-state index is 12.1. The lowest BCUT2D eigenvalue weighted by Crippen LogP contribution is -2.25. The highest BCUT2D eigenvalue weighted by Gasteiger charge is 2.30. The Hall–Kier alpha value is -11.1. The monoisotopic (exact) mass is 1890 g/mol. The number of carbonyl (C=O) groups is 5. The summed E-state index contributed by atoms with van der Waals surface area (Å²) in [4.78, 5) is 57.9. The van der Waals surface area contributed by atoms with Crippen molar-refractivity contribution in [1.82, 2.24) is 0 Å². The number of ether oxygens (including phenoxy) is 10. The maximum absolute atomic E-state index is 12.1. The van der Waals surface area contributed by atoms with Gasteiger partial charge in [0.05, 0.1) is 66.1 Å². The second kappa shape index (κ2) is 55.2. The van der Waals surface area contributed by atoms with Gasteiger partial charge in [0, 0.05) is 54.2 Å². The van der Waals surface area contributed by atoms with Gasteiger partial charge in [-0.15, -0.1) is 0 Å². The molecule has 130 heavy (non-hydrogen) atoms. The van der Waals surface area contributed by atoms with Crippen LogP contribution in [0.2, 0.25) is 0 Å². The first-order chi connectivity index (χ1) is 63.1. The second-order valence-corrected chi connectivity index (χ2v) is 47.0. The van der Waals surface area contributed by atoms with Crippen LogP contribution < -0.4 is 63.7 Å². The van der Waals surface area contributed by atoms with Gasteiger partial charge >= 0.3 is 29.8 Å². The van der Waals surface area contributed by atoms with Crippen molar-refractivity contribution in [2.24, 2.45) is 0 Å². The molecule has 0 fully saturated rings. The Morgan fingerprint density at radius 1 is 0.262 bits per heavy atom. The number of allylic oxidation sites excluding steroid dienone is 1. The van der Waals surface area contributed by atoms with E-state index in [2.05, 4.69) is 209 Å². The van der Waals surface area contributed by atoms with E-state index in [1.54, 1.807) is 19.9 Å². The normalized spacial score (nSPS) is 11.0. The van der Waals surface area contributed by atoms with Crippen molar-refractivity contribution in [3.8, 4) is 0 Å². The van der Waals surface area contributed by atoms with Gasteiger partial charge in [-0.3, -0.25) is 9.59 Å². The van der Waals surface area contributed by atoms with Gasteiger partial charge in [0.1, 0.15) is 32.2 Å².